The van der Waals surface area contributed by atoms with Crippen molar-refractivity contribution in [2.45, 2.75) is 12.7 Å². The molecule has 0 saturated carbocycles. The minimum Gasteiger partial charge on any atom is -0.497 e. The molecule has 1 amide bonds. The Labute approximate surface area is 199 Å². The molecule has 0 spiro atoms. The third-order valence-corrected chi connectivity index (χ3v) is 5.33. The Morgan fingerprint density at radius 2 is 1.63 bits per heavy atom. The second kappa shape index (κ2) is 9.92. The standard InChI is InChI=1S/C26H22F3N3O3/c1-34-21-11-9-20(10-12-21)32-24(15-23(31-32)18-6-4-8-22(14-18)35-2)25(33)30-16-17-5-3-7-19(13-17)26(27,28)29/h3-15H,16H2,1-2H3,(H,30,33). The van der Waals surface area contributed by atoms with E-state index in [0.29, 0.717) is 28.4 Å². The van der Waals surface area contributed by atoms with Gasteiger partial charge in [-0.15, -0.1) is 0 Å². The average molecular weight is 481 g/mol. The van der Waals surface area contributed by atoms with E-state index < -0.39 is 17.6 Å². The van der Waals surface area contributed by atoms with Gasteiger partial charge in [-0.3, -0.25) is 4.79 Å². The second-order valence-electron chi connectivity index (χ2n) is 7.64. The zero-order valence-corrected chi connectivity index (χ0v) is 19.0. The van der Waals surface area contributed by atoms with Gasteiger partial charge in [0.15, 0.2) is 0 Å². The average Bonchev–Trinajstić information content (AvgIpc) is 3.33. The van der Waals surface area contributed by atoms with E-state index in [9.17, 15) is 18.0 Å². The number of carbonyl (C=O) groups excluding carboxylic acids is 1. The van der Waals surface area contributed by atoms with Gasteiger partial charge >= 0.3 is 6.18 Å². The predicted molar refractivity (Wildman–Crippen MR) is 125 cm³/mol. The predicted octanol–water partition coefficient (Wildman–Crippen LogP) is 5.51. The Hall–Kier alpha value is -4.27. The lowest BCUT2D eigenvalue weighted by Gasteiger charge is -2.11. The Morgan fingerprint density at radius 3 is 2.31 bits per heavy atom. The molecule has 1 N–H and O–H groups in total. The van der Waals surface area contributed by atoms with E-state index in [0.717, 1.165) is 17.7 Å². The summed E-state index contributed by atoms with van der Waals surface area (Å²) in [5.41, 5.74) is 1.67. The molecule has 3 aromatic carbocycles. The van der Waals surface area contributed by atoms with Gasteiger partial charge in [-0.2, -0.15) is 18.3 Å². The van der Waals surface area contributed by atoms with Crippen LogP contribution in [0.2, 0.25) is 0 Å². The monoisotopic (exact) mass is 481 g/mol. The molecule has 0 fully saturated rings. The van der Waals surface area contributed by atoms with Crippen molar-refractivity contribution in [1.29, 1.82) is 0 Å². The van der Waals surface area contributed by atoms with Gasteiger partial charge in [0.05, 0.1) is 31.2 Å². The lowest BCUT2D eigenvalue weighted by molar-refractivity contribution is -0.137. The maximum absolute atomic E-state index is 13.1. The number of aromatic nitrogens is 2. The highest BCUT2D eigenvalue weighted by Gasteiger charge is 2.30. The smallest absolute Gasteiger partial charge is 0.416 e. The van der Waals surface area contributed by atoms with Crippen LogP contribution in [0.25, 0.3) is 16.9 Å². The van der Waals surface area contributed by atoms with E-state index in [4.69, 9.17) is 9.47 Å². The maximum atomic E-state index is 13.1. The van der Waals surface area contributed by atoms with Crippen LogP contribution in [0.3, 0.4) is 0 Å². The number of ether oxygens (including phenoxy) is 2. The molecule has 0 aliphatic heterocycles. The molecule has 35 heavy (non-hydrogen) atoms. The third kappa shape index (κ3) is 5.46. The van der Waals surface area contributed by atoms with Crippen molar-refractivity contribution < 1.29 is 27.4 Å². The molecule has 0 radical (unpaired) electrons. The summed E-state index contributed by atoms with van der Waals surface area (Å²) in [4.78, 5) is 13.1. The molecular formula is C26H22F3N3O3. The molecule has 0 bridgehead atoms. The van der Waals surface area contributed by atoms with Crippen molar-refractivity contribution in [3.63, 3.8) is 0 Å². The molecule has 0 unspecified atom stereocenters. The fourth-order valence-electron chi connectivity index (χ4n) is 3.52. The first-order valence-corrected chi connectivity index (χ1v) is 10.6. The Kier molecular flexibility index (Phi) is 6.77. The molecule has 4 aromatic rings. The van der Waals surface area contributed by atoms with Crippen LogP contribution in [0, 0.1) is 0 Å². The highest BCUT2D eigenvalue weighted by molar-refractivity contribution is 5.94. The molecule has 0 aliphatic rings. The van der Waals surface area contributed by atoms with E-state index >= 15 is 0 Å². The maximum Gasteiger partial charge on any atom is 0.416 e. The molecular weight excluding hydrogens is 459 g/mol. The van der Waals surface area contributed by atoms with Gasteiger partial charge < -0.3 is 14.8 Å². The fraction of sp³-hybridized carbons (Fsp3) is 0.154. The number of hydrogen-bond acceptors (Lipinski definition) is 4. The minimum absolute atomic E-state index is 0.0783. The number of halogens is 3. The van der Waals surface area contributed by atoms with Crippen LogP contribution in [-0.4, -0.2) is 29.9 Å². The van der Waals surface area contributed by atoms with Gasteiger partial charge in [0.2, 0.25) is 0 Å². The van der Waals surface area contributed by atoms with Crippen LogP contribution in [-0.2, 0) is 12.7 Å². The summed E-state index contributed by atoms with van der Waals surface area (Å²) in [6.07, 6.45) is -4.46. The Balaban J connectivity index is 1.66. The van der Waals surface area contributed by atoms with Gasteiger partial charge in [-0.25, -0.2) is 4.68 Å². The first-order valence-electron chi connectivity index (χ1n) is 10.6. The van der Waals surface area contributed by atoms with Crippen molar-refractivity contribution in [1.82, 2.24) is 15.1 Å². The number of amides is 1. The van der Waals surface area contributed by atoms with Crippen LogP contribution in [0.1, 0.15) is 21.6 Å². The summed E-state index contributed by atoms with van der Waals surface area (Å²) in [6, 6.07) is 20.7. The number of nitrogens with one attached hydrogen (secondary N) is 1. The van der Waals surface area contributed by atoms with Gasteiger partial charge in [-0.05, 0) is 60.2 Å². The normalized spacial score (nSPS) is 11.2. The molecule has 6 nitrogen and oxygen atoms in total. The number of alkyl halides is 3. The van der Waals surface area contributed by atoms with Crippen LogP contribution in [0.4, 0.5) is 13.2 Å². The van der Waals surface area contributed by atoms with Crippen molar-refractivity contribution in [2.24, 2.45) is 0 Å². The number of nitrogens with zero attached hydrogens (tertiary/aromatic N) is 2. The van der Waals surface area contributed by atoms with Crippen molar-refractivity contribution in [3.05, 3.63) is 95.7 Å². The van der Waals surface area contributed by atoms with Gasteiger partial charge in [0.25, 0.3) is 5.91 Å². The lowest BCUT2D eigenvalue weighted by Crippen LogP contribution is -2.25. The van der Waals surface area contributed by atoms with Crippen molar-refractivity contribution >= 4 is 5.91 Å². The Bertz CT molecular complexity index is 1330. The van der Waals surface area contributed by atoms with Crippen LogP contribution >= 0.6 is 0 Å². The molecule has 180 valence electrons. The SMILES string of the molecule is COc1ccc(-n2nc(-c3cccc(OC)c3)cc2C(=O)NCc2cccc(C(F)(F)F)c2)cc1. The van der Waals surface area contributed by atoms with E-state index in [2.05, 4.69) is 10.4 Å². The number of hydrogen-bond donors (Lipinski definition) is 1. The van der Waals surface area contributed by atoms with E-state index in [1.54, 1.807) is 56.7 Å². The van der Waals surface area contributed by atoms with Gasteiger partial charge in [0, 0.05) is 12.1 Å². The molecule has 1 heterocycles. The third-order valence-electron chi connectivity index (χ3n) is 5.33. The summed E-state index contributed by atoms with van der Waals surface area (Å²) >= 11 is 0. The molecule has 0 atom stereocenters. The van der Waals surface area contributed by atoms with E-state index in [1.807, 2.05) is 12.1 Å². The number of rotatable bonds is 7. The fourth-order valence-corrected chi connectivity index (χ4v) is 3.52. The van der Waals surface area contributed by atoms with Crippen LogP contribution < -0.4 is 14.8 Å². The quantitative estimate of drug-likeness (QED) is 0.378. The molecule has 0 aliphatic carbocycles. The van der Waals surface area contributed by atoms with E-state index in [-0.39, 0.29) is 12.2 Å². The topological polar surface area (TPSA) is 65.4 Å². The summed E-state index contributed by atoms with van der Waals surface area (Å²) in [5.74, 6) is 0.793. The summed E-state index contributed by atoms with van der Waals surface area (Å²) in [6.45, 7) is -0.0783. The zero-order valence-electron chi connectivity index (χ0n) is 19.0. The number of benzene rings is 3. The molecule has 1 aromatic heterocycles. The highest BCUT2D eigenvalue weighted by atomic mass is 19.4. The lowest BCUT2D eigenvalue weighted by atomic mass is 10.1. The Morgan fingerprint density at radius 1 is 0.914 bits per heavy atom. The number of methoxy groups -OCH3 is 2. The molecule has 4 rings (SSSR count). The largest absolute Gasteiger partial charge is 0.497 e. The zero-order chi connectivity index (χ0) is 25.0. The summed E-state index contributed by atoms with van der Waals surface area (Å²) in [5, 5.41) is 7.31. The van der Waals surface area contributed by atoms with Crippen molar-refractivity contribution in [3.8, 4) is 28.4 Å². The second-order valence-corrected chi connectivity index (χ2v) is 7.64. The summed E-state index contributed by atoms with van der Waals surface area (Å²) in [7, 11) is 3.11. The van der Waals surface area contributed by atoms with Gasteiger partial charge in [-0.1, -0.05) is 24.3 Å². The molecule has 9 heteroatoms. The van der Waals surface area contributed by atoms with Crippen molar-refractivity contribution in [2.75, 3.05) is 14.2 Å². The summed E-state index contributed by atoms with van der Waals surface area (Å²) < 4.78 is 51.0. The molecule has 0 saturated heterocycles. The van der Waals surface area contributed by atoms with Crippen LogP contribution in [0.5, 0.6) is 11.5 Å². The van der Waals surface area contributed by atoms with E-state index in [1.165, 1.54) is 16.8 Å². The number of carbonyl (C=O) groups is 1. The minimum atomic E-state index is -4.46. The van der Waals surface area contributed by atoms with Gasteiger partial charge in [0.1, 0.15) is 17.2 Å². The highest BCUT2D eigenvalue weighted by Crippen LogP contribution is 2.30. The van der Waals surface area contributed by atoms with Crippen LogP contribution in [0.15, 0.2) is 78.9 Å². The first kappa shape index (κ1) is 23.9. The first-order chi connectivity index (χ1) is 16.8.